The zero-order valence-corrected chi connectivity index (χ0v) is 14.9. The van der Waals surface area contributed by atoms with Gasteiger partial charge in [0.1, 0.15) is 28.9 Å². The van der Waals surface area contributed by atoms with Crippen molar-refractivity contribution in [1.29, 1.82) is 0 Å². The number of carbonyl (C=O) groups is 1. The summed E-state index contributed by atoms with van der Waals surface area (Å²) in [4.78, 5) is 12.1. The summed E-state index contributed by atoms with van der Waals surface area (Å²) in [5.74, 6) is 1.09. The van der Waals surface area contributed by atoms with Gasteiger partial charge in [0.2, 0.25) is 0 Å². The summed E-state index contributed by atoms with van der Waals surface area (Å²) in [6.45, 7) is 5.70. The van der Waals surface area contributed by atoms with E-state index < -0.39 is 17.6 Å². The Bertz CT molecular complexity index is 693. The van der Waals surface area contributed by atoms with E-state index in [0.717, 1.165) is 12.0 Å². The molecule has 3 N–H and O–H groups in total. The Kier molecular flexibility index (Phi) is 6.04. The number of esters is 1. The molecule has 0 aliphatic carbocycles. The number of phenols is 1. The molecule has 1 atom stereocenters. The molecule has 0 unspecified atom stereocenters. The summed E-state index contributed by atoms with van der Waals surface area (Å²) in [5.41, 5.74) is 6.38. The predicted molar refractivity (Wildman–Crippen MR) is 96.8 cm³/mol. The minimum Gasteiger partial charge on any atom is -0.508 e. The molecule has 2 aromatic carbocycles. The molecule has 0 saturated heterocycles. The van der Waals surface area contributed by atoms with Gasteiger partial charge in [-0.15, -0.1) is 0 Å². The van der Waals surface area contributed by atoms with E-state index in [1.54, 1.807) is 24.3 Å². The third kappa shape index (κ3) is 5.80. The first-order valence-corrected chi connectivity index (χ1v) is 8.33. The molecule has 0 aliphatic heterocycles. The highest BCUT2D eigenvalue weighted by Gasteiger charge is 2.24. The SMILES string of the molecule is CCC(C)(C)OC(=O)[C@@H](N)Cc1ccc(Oc2ccc(O)cc2)cc1. The number of aromatic hydroxyl groups is 1. The first-order valence-electron chi connectivity index (χ1n) is 8.33. The maximum atomic E-state index is 12.1. The topological polar surface area (TPSA) is 81.8 Å². The molecule has 0 amide bonds. The van der Waals surface area contributed by atoms with Crippen molar-refractivity contribution in [2.45, 2.75) is 45.3 Å². The largest absolute Gasteiger partial charge is 0.508 e. The second-order valence-corrected chi connectivity index (χ2v) is 6.58. The van der Waals surface area contributed by atoms with Gasteiger partial charge in [-0.1, -0.05) is 19.1 Å². The standard InChI is InChI=1S/C20H25NO4/c1-4-20(2,3)25-19(23)18(21)13-14-5-9-16(10-6-14)24-17-11-7-15(22)8-12-17/h5-12,18,22H,4,13,21H2,1-3H3/t18-/m0/s1. The first kappa shape index (κ1) is 18.8. The molecular weight excluding hydrogens is 318 g/mol. The van der Waals surface area contributed by atoms with Gasteiger partial charge < -0.3 is 20.3 Å². The maximum absolute atomic E-state index is 12.1. The molecule has 0 spiro atoms. The smallest absolute Gasteiger partial charge is 0.323 e. The summed E-state index contributed by atoms with van der Waals surface area (Å²) in [6, 6.07) is 13.2. The third-order valence-electron chi connectivity index (χ3n) is 3.98. The number of hydrogen-bond acceptors (Lipinski definition) is 5. The Balaban J connectivity index is 1.93. The van der Waals surface area contributed by atoms with E-state index in [9.17, 15) is 9.90 Å². The van der Waals surface area contributed by atoms with Gasteiger partial charge >= 0.3 is 5.97 Å². The molecule has 0 aromatic heterocycles. The van der Waals surface area contributed by atoms with E-state index in [1.165, 1.54) is 0 Å². The zero-order chi connectivity index (χ0) is 18.4. The fraction of sp³-hybridized carbons (Fsp3) is 0.350. The highest BCUT2D eigenvalue weighted by atomic mass is 16.6. The fourth-order valence-electron chi connectivity index (χ4n) is 2.10. The molecular formula is C20H25NO4. The van der Waals surface area contributed by atoms with Crippen LogP contribution in [-0.4, -0.2) is 22.7 Å². The average Bonchev–Trinajstić information content (AvgIpc) is 2.58. The fourth-order valence-corrected chi connectivity index (χ4v) is 2.10. The van der Waals surface area contributed by atoms with E-state index in [-0.39, 0.29) is 5.75 Å². The number of ether oxygens (including phenoxy) is 2. The van der Waals surface area contributed by atoms with Crippen molar-refractivity contribution in [3.8, 4) is 17.2 Å². The predicted octanol–water partition coefficient (Wildman–Crippen LogP) is 3.79. The van der Waals surface area contributed by atoms with Crippen LogP contribution in [-0.2, 0) is 16.0 Å². The van der Waals surface area contributed by atoms with Crippen molar-refractivity contribution in [3.63, 3.8) is 0 Å². The molecule has 0 radical (unpaired) electrons. The van der Waals surface area contributed by atoms with Crippen molar-refractivity contribution in [2.75, 3.05) is 0 Å². The van der Waals surface area contributed by atoms with Crippen LogP contribution in [0.25, 0.3) is 0 Å². The van der Waals surface area contributed by atoms with Crippen molar-refractivity contribution < 1.29 is 19.4 Å². The summed E-state index contributed by atoms with van der Waals surface area (Å²) in [5, 5.41) is 9.27. The van der Waals surface area contributed by atoms with Gasteiger partial charge in [0, 0.05) is 0 Å². The summed E-state index contributed by atoms with van der Waals surface area (Å²) in [7, 11) is 0. The van der Waals surface area contributed by atoms with Crippen molar-refractivity contribution in [1.82, 2.24) is 0 Å². The van der Waals surface area contributed by atoms with Crippen LogP contribution in [0, 0.1) is 0 Å². The molecule has 0 bridgehead atoms. The quantitative estimate of drug-likeness (QED) is 0.748. The van der Waals surface area contributed by atoms with Gasteiger partial charge in [-0.25, -0.2) is 0 Å². The Morgan fingerprint density at radius 3 is 2.12 bits per heavy atom. The normalized spacial score (nSPS) is 12.5. The van der Waals surface area contributed by atoms with Gasteiger partial charge in [0.25, 0.3) is 0 Å². The number of phenolic OH excluding ortho intramolecular Hbond substituents is 1. The highest BCUT2D eigenvalue weighted by Crippen LogP contribution is 2.24. The highest BCUT2D eigenvalue weighted by molar-refractivity contribution is 5.76. The van der Waals surface area contributed by atoms with Crippen LogP contribution in [0.5, 0.6) is 17.2 Å². The lowest BCUT2D eigenvalue weighted by molar-refractivity contribution is -0.158. The lowest BCUT2D eigenvalue weighted by Gasteiger charge is -2.25. The number of carbonyl (C=O) groups excluding carboxylic acids is 1. The molecule has 0 heterocycles. The van der Waals surface area contributed by atoms with E-state index in [0.29, 0.717) is 17.9 Å². The van der Waals surface area contributed by atoms with E-state index in [2.05, 4.69) is 0 Å². The van der Waals surface area contributed by atoms with Gasteiger partial charge in [-0.3, -0.25) is 4.79 Å². The number of hydrogen-bond donors (Lipinski definition) is 2. The molecule has 2 rings (SSSR count). The Labute approximate surface area is 148 Å². The monoisotopic (exact) mass is 343 g/mol. The molecule has 25 heavy (non-hydrogen) atoms. The molecule has 0 fully saturated rings. The number of rotatable bonds is 7. The van der Waals surface area contributed by atoms with Gasteiger partial charge in [0.15, 0.2) is 0 Å². The van der Waals surface area contributed by atoms with Crippen molar-refractivity contribution in [3.05, 3.63) is 54.1 Å². The second kappa shape index (κ2) is 8.03. The summed E-state index contributed by atoms with van der Waals surface area (Å²) >= 11 is 0. The molecule has 2 aromatic rings. The van der Waals surface area contributed by atoms with Gasteiger partial charge in [-0.05, 0) is 68.7 Å². The first-order chi connectivity index (χ1) is 11.8. The van der Waals surface area contributed by atoms with E-state index in [1.807, 2.05) is 45.0 Å². The molecule has 5 nitrogen and oxygen atoms in total. The second-order valence-electron chi connectivity index (χ2n) is 6.58. The minimum atomic E-state index is -0.699. The van der Waals surface area contributed by atoms with E-state index in [4.69, 9.17) is 15.2 Å². The summed E-state index contributed by atoms with van der Waals surface area (Å²) < 4.78 is 11.1. The zero-order valence-electron chi connectivity index (χ0n) is 14.9. The Morgan fingerprint density at radius 2 is 1.60 bits per heavy atom. The summed E-state index contributed by atoms with van der Waals surface area (Å²) in [6.07, 6.45) is 1.13. The molecule has 0 aliphatic rings. The average molecular weight is 343 g/mol. The van der Waals surface area contributed by atoms with Crippen LogP contribution in [0.1, 0.15) is 32.8 Å². The molecule has 5 heteroatoms. The van der Waals surface area contributed by atoms with Gasteiger partial charge in [-0.2, -0.15) is 0 Å². The van der Waals surface area contributed by atoms with Crippen LogP contribution < -0.4 is 10.5 Å². The number of nitrogens with two attached hydrogens (primary N) is 1. The molecule has 134 valence electrons. The Morgan fingerprint density at radius 1 is 1.08 bits per heavy atom. The lowest BCUT2D eigenvalue weighted by Crippen LogP contribution is -2.39. The van der Waals surface area contributed by atoms with Gasteiger partial charge in [0.05, 0.1) is 0 Å². The molecule has 0 saturated carbocycles. The van der Waals surface area contributed by atoms with Crippen LogP contribution in [0.3, 0.4) is 0 Å². The van der Waals surface area contributed by atoms with Crippen molar-refractivity contribution >= 4 is 5.97 Å². The van der Waals surface area contributed by atoms with Crippen LogP contribution in [0.15, 0.2) is 48.5 Å². The lowest BCUT2D eigenvalue weighted by atomic mass is 10.0. The third-order valence-corrected chi connectivity index (χ3v) is 3.98. The van der Waals surface area contributed by atoms with Crippen LogP contribution in [0.2, 0.25) is 0 Å². The minimum absolute atomic E-state index is 0.190. The van der Waals surface area contributed by atoms with Crippen LogP contribution in [0.4, 0.5) is 0 Å². The number of benzene rings is 2. The Hall–Kier alpha value is -2.53. The van der Waals surface area contributed by atoms with E-state index >= 15 is 0 Å². The van der Waals surface area contributed by atoms with Crippen LogP contribution >= 0.6 is 0 Å². The maximum Gasteiger partial charge on any atom is 0.323 e. The van der Waals surface area contributed by atoms with Crippen molar-refractivity contribution in [2.24, 2.45) is 5.73 Å².